The summed E-state index contributed by atoms with van der Waals surface area (Å²) < 4.78 is 16.8. The summed E-state index contributed by atoms with van der Waals surface area (Å²) in [6.07, 6.45) is 12.2. The molecule has 0 bridgehead atoms. The van der Waals surface area contributed by atoms with Crippen molar-refractivity contribution in [1.29, 1.82) is 0 Å². The topological polar surface area (TPSA) is 82.1 Å². The summed E-state index contributed by atoms with van der Waals surface area (Å²) in [5.74, 6) is -1.89. The molecule has 0 aliphatic heterocycles. The molecule has 0 aromatic carbocycles. The third-order valence-electron chi connectivity index (χ3n) is 5.90. The highest BCUT2D eigenvalue weighted by Crippen LogP contribution is 2.29. The Hall–Kier alpha value is -1.89. The molecule has 0 heterocycles. The van der Waals surface area contributed by atoms with Crippen LogP contribution in [0.1, 0.15) is 110 Å². The highest BCUT2D eigenvalue weighted by atomic mass is 16.6. The number of hydrogen-bond acceptors (Lipinski definition) is 7. The first-order chi connectivity index (χ1) is 17.2. The third kappa shape index (κ3) is 17.5. The summed E-state index contributed by atoms with van der Waals surface area (Å²) >= 11 is 0. The fraction of sp³-hybridized carbons (Fsp3) is 0.793. The second-order valence-corrected chi connectivity index (χ2v) is 9.90. The van der Waals surface area contributed by atoms with Gasteiger partial charge in [-0.25, -0.2) is 4.79 Å². The molecule has 0 saturated heterocycles. The third-order valence-corrected chi connectivity index (χ3v) is 5.90. The Bertz CT molecular complexity index is 633. The standard InChI is InChI=1S/C29H51NO6/c1-7-9-11-13-15-17-21-34-26(4)24-29(23-25(3)31,36-27(32)19-20-30(5)6)28(33)35-22-18-16-14-12-10-8-2/h4H,3,7-24H2,1-2,5-6H3. The second kappa shape index (κ2) is 21.2. The number of ether oxygens (including phenoxy) is 3. The Morgan fingerprint density at radius 1 is 0.778 bits per heavy atom. The monoisotopic (exact) mass is 509 g/mol. The van der Waals surface area contributed by atoms with Gasteiger partial charge in [0.15, 0.2) is 0 Å². The van der Waals surface area contributed by atoms with Gasteiger partial charge < -0.3 is 19.1 Å². The van der Waals surface area contributed by atoms with E-state index in [1.54, 1.807) is 0 Å². The van der Waals surface area contributed by atoms with Gasteiger partial charge in [-0.3, -0.25) is 9.59 Å². The number of Topliss-reactive ketones (excluding diaryl/α,β-unsaturated/α-hetero) is 1. The number of hydrogen-bond donors (Lipinski definition) is 0. The molecule has 36 heavy (non-hydrogen) atoms. The lowest BCUT2D eigenvalue weighted by molar-refractivity contribution is -0.185. The minimum atomic E-state index is -1.88. The van der Waals surface area contributed by atoms with Crippen LogP contribution in [0.25, 0.3) is 0 Å². The first kappa shape index (κ1) is 34.1. The molecule has 0 aromatic rings. The van der Waals surface area contributed by atoms with E-state index >= 15 is 0 Å². The summed E-state index contributed by atoms with van der Waals surface area (Å²) in [5, 5.41) is 0. The van der Waals surface area contributed by atoms with E-state index in [2.05, 4.69) is 20.8 Å². The van der Waals surface area contributed by atoms with Crippen LogP contribution in [0.3, 0.4) is 0 Å². The highest BCUT2D eigenvalue weighted by molar-refractivity contribution is 5.92. The average Bonchev–Trinajstić information content (AvgIpc) is 2.80. The molecule has 7 heteroatoms. The van der Waals surface area contributed by atoms with Crippen molar-refractivity contribution in [2.75, 3.05) is 33.9 Å². The molecule has 0 aliphatic carbocycles. The number of carbonyl (C=O) groups is 3. The van der Waals surface area contributed by atoms with Gasteiger partial charge in [0, 0.05) is 13.5 Å². The molecule has 7 nitrogen and oxygen atoms in total. The van der Waals surface area contributed by atoms with Crippen LogP contribution in [0.15, 0.2) is 5.76 Å². The van der Waals surface area contributed by atoms with Gasteiger partial charge in [0.05, 0.1) is 32.5 Å². The fourth-order valence-electron chi connectivity index (χ4n) is 3.82. The molecule has 0 amide bonds. The van der Waals surface area contributed by atoms with Crippen molar-refractivity contribution in [3.8, 4) is 0 Å². The zero-order valence-electron chi connectivity index (χ0n) is 23.4. The molecule has 1 atom stereocenters. The van der Waals surface area contributed by atoms with E-state index in [0.29, 0.717) is 19.6 Å². The quantitative estimate of drug-likeness (QED) is 0.0896. The molecular weight excluding hydrogens is 458 g/mol. The van der Waals surface area contributed by atoms with Gasteiger partial charge in [0.1, 0.15) is 11.5 Å². The Labute approximate surface area is 220 Å². The van der Waals surface area contributed by atoms with Crippen LogP contribution in [-0.4, -0.2) is 62.1 Å². The van der Waals surface area contributed by atoms with Crippen LogP contribution in [0.5, 0.6) is 0 Å². The molecule has 0 N–H and O–H groups in total. The molecule has 0 aromatic heterocycles. The predicted octanol–water partition coefficient (Wildman–Crippen LogP) is 6.00. The van der Waals surface area contributed by atoms with Gasteiger partial charge in [-0.2, -0.15) is 0 Å². The smallest absolute Gasteiger partial charge is 0.351 e. The van der Waals surface area contributed by atoms with Crippen molar-refractivity contribution < 1.29 is 28.6 Å². The van der Waals surface area contributed by atoms with Crippen LogP contribution < -0.4 is 0 Å². The van der Waals surface area contributed by atoms with Crippen LogP contribution >= 0.6 is 0 Å². The summed E-state index contributed by atoms with van der Waals surface area (Å²) in [4.78, 5) is 39.7. The van der Waals surface area contributed by atoms with Crippen LogP contribution in [-0.2, 0) is 28.6 Å². The van der Waals surface area contributed by atoms with Gasteiger partial charge in [0.2, 0.25) is 5.60 Å². The van der Waals surface area contributed by atoms with Crippen LogP contribution in [0.2, 0.25) is 0 Å². The number of nitrogens with zero attached hydrogens (tertiary/aromatic N) is 1. The minimum Gasteiger partial charge on any atom is -0.498 e. The number of unbranched alkanes of at least 4 members (excludes halogenated alkanes) is 10. The number of ketones is 1. The molecule has 1 unspecified atom stereocenters. The second-order valence-electron chi connectivity index (χ2n) is 9.90. The summed E-state index contributed by atoms with van der Waals surface area (Å²) in [5.41, 5.74) is -1.88. The predicted molar refractivity (Wildman–Crippen MR) is 143 cm³/mol. The van der Waals surface area contributed by atoms with Gasteiger partial charge >= 0.3 is 11.9 Å². The SMILES string of the molecule is [CH]=C(CC(CC([CH2])=O)(OC(=O)CCN(C)C)C(=O)OCCCCCCCC)OCCCCCCCC. The summed E-state index contributed by atoms with van der Waals surface area (Å²) in [6.45, 7) is 14.9. The Morgan fingerprint density at radius 3 is 1.78 bits per heavy atom. The van der Waals surface area contributed by atoms with Gasteiger partial charge in [-0.05, 0) is 33.5 Å². The van der Waals surface area contributed by atoms with Gasteiger partial charge in [-0.1, -0.05) is 78.1 Å². The molecule has 0 fully saturated rings. The lowest BCUT2D eigenvalue weighted by Crippen LogP contribution is -2.47. The maximum absolute atomic E-state index is 13.2. The largest absolute Gasteiger partial charge is 0.498 e. The van der Waals surface area contributed by atoms with Gasteiger partial charge in [0.25, 0.3) is 0 Å². The van der Waals surface area contributed by atoms with E-state index in [0.717, 1.165) is 44.9 Å². The lowest BCUT2D eigenvalue weighted by Gasteiger charge is -2.31. The Morgan fingerprint density at radius 2 is 1.28 bits per heavy atom. The van der Waals surface area contributed by atoms with Crippen molar-refractivity contribution in [1.82, 2.24) is 4.90 Å². The molecule has 208 valence electrons. The number of carbonyl (C=O) groups excluding carboxylic acids is 3. The maximum Gasteiger partial charge on any atom is 0.351 e. The van der Waals surface area contributed by atoms with E-state index < -0.39 is 29.7 Å². The number of rotatable bonds is 24. The summed E-state index contributed by atoms with van der Waals surface area (Å²) in [7, 11) is 3.66. The number of esters is 2. The fourth-order valence-corrected chi connectivity index (χ4v) is 3.82. The molecule has 0 spiro atoms. The first-order valence-corrected chi connectivity index (χ1v) is 13.8. The molecule has 2 radical (unpaired) electrons. The van der Waals surface area contributed by atoms with Crippen molar-refractivity contribution >= 4 is 17.7 Å². The van der Waals surface area contributed by atoms with Crippen molar-refractivity contribution in [3.05, 3.63) is 19.3 Å². The van der Waals surface area contributed by atoms with E-state index in [4.69, 9.17) is 20.8 Å². The van der Waals surface area contributed by atoms with Crippen molar-refractivity contribution in [3.63, 3.8) is 0 Å². The maximum atomic E-state index is 13.2. The zero-order chi connectivity index (χ0) is 27.2. The van der Waals surface area contributed by atoms with Crippen molar-refractivity contribution in [2.45, 2.75) is 116 Å². The molecule has 0 saturated carbocycles. The zero-order valence-corrected chi connectivity index (χ0v) is 23.4. The van der Waals surface area contributed by atoms with E-state index in [9.17, 15) is 14.4 Å². The molecule has 0 rings (SSSR count). The normalized spacial score (nSPS) is 12.7. The first-order valence-electron chi connectivity index (χ1n) is 13.8. The van der Waals surface area contributed by atoms with Crippen molar-refractivity contribution in [2.24, 2.45) is 0 Å². The Kier molecular flexibility index (Phi) is 20.1. The highest BCUT2D eigenvalue weighted by Gasteiger charge is 2.46. The average molecular weight is 510 g/mol. The van der Waals surface area contributed by atoms with E-state index in [-0.39, 0.29) is 25.2 Å². The van der Waals surface area contributed by atoms with E-state index in [1.165, 1.54) is 25.7 Å². The Balaban J connectivity index is 5.18. The van der Waals surface area contributed by atoms with Gasteiger partial charge in [-0.15, -0.1) is 0 Å². The van der Waals surface area contributed by atoms with Crippen LogP contribution in [0, 0.1) is 13.5 Å². The molecule has 0 aliphatic rings. The molecular formula is C29H51NO6. The lowest BCUT2D eigenvalue weighted by atomic mass is 9.92. The summed E-state index contributed by atoms with van der Waals surface area (Å²) in [6, 6.07) is 0. The van der Waals surface area contributed by atoms with Crippen LogP contribution in [0.4, 0.5) is 0 Å². The minimum absolute atomic E-state index is 0.0433. The van der Waals surface area contributed by atoms with E-state index in [1.807, 2.05) is 19.0 Å².